The van der Waals surface area contributed by atoms with Gasteiger partial charge in [0.25, 0.3) is 0 Å². The van der Waals surface area contributed by atoms with Crippen molar-refractivity contribution in [3.8, 4) is 0 Å². The Labute approximate surface area is 128 Å². The summed E-state index contributed by atoms with van der Waals surface area (Å²) in [5.74, 6) is 0. The van der Waals surface area contributed by atoms with Crippen LogP contribution in [0.25, 0.3) is 0 Å². The Kier molecular flexibility index (Phi) is 6.06. The molecule has 2 heterocycles. The van der Waals surface area contributed by atoms with Crippen LogP contribution in [0.4, 0.5) is 0 Å². The first-order valence-corrected chi connectivity index (χ1v) is 9.04. The van der Waals surface area contributed by atoms with Crippen molar-refractivity contribution in [2.24, 2.45) is 5.41 Å². The summed E-state index contributed by atoms with van der Waals surface area (Å²) in [6.45, 7) is 11.8. The molecule has 3 heteroatoms. The zero-order valence-electron chi connectivity index (χ0n) is 13.3. The van der Waals surface area contributed by atoms with Gasteiger partial charge >= 0.3 is 0 Å². The average Bonchev–Trinajstić information content (AvgIpc) is 3.00. The fraction of sp³-hybridized carbons (Fsp3) is 0.765. The minimum atomic E-state index is 0.640. The molecule has 2 nitrogen and oxygen atoms in total. The van der Waals surface area contributed by atoms with Crippen molar-refractivity contribution < 1.29 is 0 Å². The van der Waals surface area contributed by atoms with Gasteiger partial charge < -0.3 is 5.32 Å². The van der Waals surface area contributed by atoms with E-state index in [1.807, 2.05) is 11.3 Å². The van der Waals surface area contributed by atoms with Crippen LogP contribution in [0.1, 0.15) is 51.3 Å². The summed E-state index contributed by atoms with van der Waals surface area (Å²) >= 11 is 1.84. The molecule has 20 heavy (non-hydrogen) atoms. The van der Waals surface area contributed by atoms with E-state index in [2.05, 4.69) is 48.5 Å². The number of nitrogens with zero attached hydrogens (tertiary/aromatic N) is 1. The van der Waals surface area contributed by atoms with Gasteiger partial charge in [0.1, 0.15) is 0 Å². The zero-order chi connectivity index (χ0) is 14.4. The first-order chi connectivity index (χ1) is 9.69. The lowest BCUT2D eigenvalue weighted by molar-refractivity contribution is 0.0709. The lowest BCUT2D eigenvalue weighted by Gasteiger charge is -2.43. The Hall–Kier alpha value is -0.380. The van der Waals surface area contributed by atoms with Gasteiger partial charge in [-0.15, -0.1) is 11.3 Å². The van der Waals surface area contributed by atoms with E-state index in [0.29, 0.717) is 11.5 Å². The number of hydrogen-bond acceptors (Lipinski definition) is 3. The maximum atomic E-state index is 3.60. The molecular weight excluding hydrogens is 264 g/mol. The van der Waals surface area contributed by atoms with Gasteiger partial charge in [0, 0.05) is 24.0 Å². The second kappa shape index (κ2) is 7.58. The summed E-state index contributed by atoms with van der Waals surface area (Å²) in [4.78, 5) is 4.11. The molecule has 0 spiro atoms. The summed E-state index contributed by atoms with van der Waals surface area (Å²) in [6.07, 6.45) is 5.47. The Morgan fingerprint density at radius 1 is 1.30 bits per heavy atom. The van der Waals surface area contributed by atoms with E-state index >= 15 is 0 Å². The molecule has 0 saturated carbocycles. The third-order valence-corrected chi connectivity index (χ3v) is 6.18. The minimum absolute atomic E-state index is 0.640. The van der Waals surface area contributed by atoms with Gasteiger partial charge in [0.2, 0.25) is 0 Å². The van der Waals surface area contributed by atoms with E-state index in [1.54, 1.807) is 0 Å². The van der Waals surface area contributed by atoms with Crippen LogP contribution in [0.2, 0.25) is 0 Å². The van der Waals surface area contributed by atoms with Gasteiger partial charge in [-0.2, -0.15) is 0 Å². The van der Waals surface area contributed by atoms with Gasteiger partial charge in [-0.05, 0) is 49.7 Å². The molecular formula is C17H30N2S. The second-order valence-electron chi connectivity index (χ2n) is 6.30. The SMILES string of the molecule is CCC1(CC)CCN(C(C)CNCc2cccs2)CC1. The molecule has 1 aliphatic rings. The smallest absolute Gasteiger partial charge is 0.0300 e. The van der Waals surface area contributed by atoms with Gasteiger partial charge in [-0.1, -0.05) is 32.8 Å². The van der Waals surface area contributed by atoms with Crippen LogP contribution in [0.5, 0.6) is 0 Å². The quantitative estimate of drug-likeness (QED) is 0.813. The summed E-state index contributed by atoms with van der Waals surface area (Å²) in [5.41, 5.74) is 0.640. The predicted octanol–water partition coefficient (Wildman–Crippen LogP) is 4.13. The highest BCUT2D eigenvalue weighted by atomic mass is 32.1. The van der Waals surface area contributed by atoms with E-state index in [0.717, 1.165) is 13.1 Å². The fourth-order valence-electron chi connectivity index (χ4n) is 3.34. The van der Waals surface area contributed by atoms with E-state index in [1.165, 1.54) is 43.6 Å². The van der Waals surface area contributed by atoms with Crippen LogP contribution in [0.15, 0.2) is 17.5 Å². The van der Waals surface area contributed by atoms with Crippen molar-refractivity contribution in [3.05, 3.63) is 22.4 Å². The molecule has 2 rings (SSSR count). The van der Waals surface area contributed by atoms with E-state index in [9.17, 15) is 0 Å². The summed E-state index contributed by atoms with van der Waals surface area (Å²) in [6, 6.07) is 4.99. The van der Waals surface area contributed by atoms with Gasteiger partial charge in [0.15, 0.2) is 0 Å². The molecule has 0 amide bonds. The van der Waals surface area contributed by atoms with Crippen molar-refractivity contribution in [3.63, 3.8) is 0 Å². The molecule has 0 aromatic carbocycles. The van der Waals surface area contributed by atoms with Crippen LogP contribution in [-0.2, 0) is 6.54 Å². The minimum Gasteiger partial charge on any atom is -0.310 e. The highest BCUT2D eigenvalue weighted by Crippen LogP contribution is 2.38. The van der Waals surface area contributed by atoms with Crippen molar-refractivity contribution in [1.29, 1.82) is 0 Å². The lowest BCUT2D eigenvalue weighted by atomic mass is 9.74. The van der Waals surface area contributed by atoms with Crippen molar-refractivity contribution >= 4 is 11.3 Å². The standard InChI is InChI=1S/C17H30N2S/c1-4-17(5-2)8-10-19(11-9-17)15(3)13-18-14-16-7-6-12-20-16/h6-7,12,15,18H,4-5,8-11,13-14H2,1-3H3. The van der Waals surface area contributed by atoms with Gasteiger partial charge in [-0.25, -0.2) is 0 Å². The maximum absolute atomic E-state index is 3.60. The van der Waals surface area contributed by atoms with Crippen molar-refractivity contribution in [1.82, 2.24) is 10.2 Å². The zero-order valence-corrected chi connectivity index (χ0v) is 14.1. The third-order valence-electron chi connectivity index (χ3n) is 5.30. The first kappa shape index (κ1) is 16.0. The van der Waals surface area contributed by atoms with Crippen LogP contribution in [0, 0.1) is 5.41 Å². The molecule has 1 fully saturated rings. The maximum Gasteiger partial charge on any atom is 0.0300 e. The predicted molar refractivity (Wildman–Crippen MR) is 89.3 cm³/mol. The molecule has 1 saturated heterocycles. The Bertz CT molecular complexity index is 360. The number of piperidine rings is 1. The third kappa shape index (κ3) is 4.06. The molecule has 0 aliphatic carbocycles. The molecule has 1 aliphatic heterocycles. The molecule has 1 atom stereocenters. The number of thiophene rings is 1. The lowest BCUT2D eigenvalue weighted by Crippen LogP contribution is -2.47. The summed E-state index contributed by atoms with van der Waals surface area (Å²) in [7, 11) is 0. The summed E-state index contributed by atoms with van der Waals surface area (Å²) in [5, 5.41) is 5.76. The molecule has 1 aromatic heterocycles. The second-order valence-corrected chi connectivity index (χ2v) is 7.33. The van der Waals surface area contributed by atoms with Crippen LogP contribution in [0.3, 0.4) is 0 Å². The fourth-order valence-corrected chi connectivity index (χ4v) is 4.02. The Balaban J connectivity index is 1.70. The van der Waals surface area contributed by atoms with Crippen molar-refractivity contribution in [2.45, 2.75) is 59.0 Å². The molecule has 1 aromatic rings. The number of likely N-dealkylation sites (tertiary alicyclic amines) is 1. The topological polar surface area (TPSA) is 15.3 Å². The normalized spacial score (nSPS) is 20.9. The van der Waals surface area contributed by atoms with Crippen LogP contribution in [-0.4, -0.2) is 30.6 Å². The van der Waals surface area contributed by atoms with E-state index in [-0.39, 0.29) is 0 Å². The Morgan fingerprint density at radius 2 is 2.00 bits per heavy atom. The average molecular weight is 295 g/mol. The molecule has 1 N–H and O–H groups in total. The van der Waals surface area contributed by atoms with E-state index < -0.39 is 0 Å². The highest BCUT2D eigenvalue weighted by Gasteiger charge is 2.32. The van der Waals surface area contributed by atoms with Crippen molar-refractivity contribution in [2.75, 3.05) is 19.6 Å². The number of rotatable bonds is 7. The molecule has 1 unspecified atom stereocenters. The van der Waals surface area contributed by atoms with Crippen LogP contribution < -0.4 is 5.32 Å². The number of hydrogen-bond donors (Lipinski definition) is 1. The summed E-state index contributed by atoms with van der Waals surface area (Å²) < 4.78 is 0. The molecule has 114 valence electrons. The monoisotopic (exact) mass is 294 g/mol. The van der Waals surface area contributed by atoms with Gasteiger partial charge in [0.05, 0.1) is 0 Å². The number of nitrogens with one attached hydrogen (secondary N) is 1. The van der Waals surface area contributed by atoms with Crippen LogP contribution >= 0.6 is 11.3 Å². The highest BCUT2D eigenvalue weighted by molar-refractivity contribution is 7.09. The van der Waals surface area contributed by atoms with E-state index in [4.69, 9.17) is 0 Å². The largest absolute Gasteiger partial charge is 0.310 e. The molecule has 0 bridgehead atoms. The Morgan fingerprint density at radius 3 is 2.55 bits per heavy atom. The molecule has 0 radical (unpaired) electrons. The first-order valence-electron chi connectivity index (χ1n) is 8.16. The van der Waals surface area contributed by atoms with Gasteiger partial charge in [-0.3, -0.25) is 4.90 Å².